The summed E-state index contributed by atoms with van der Waals surface area (Å²) in [6.07, 6.45) is 6.85. The Labute approximate surface area is 158 Å². The van der Waals surface area contributed by atoms with Crippen LogP contribution < -0.4 is 5.32 Å². The second kappa shape index (κ2) is 7.45. The molecule has 0 unspecified atom stereocenters. The highest BCUT2D eigenvalue weighted by Crippen LogP contribution is 2.52. The van der Waals surface area contributed by atoms with Crippen molar-refractivity contribution in [3.63, 3.8) is 0 Å². The molecule has 4 heterocycles. The Balaban J connectivity index is 1.43. The van der Waals surface area contributed by atoms with Gasteiger partial charge in [-0.25, -0.2) is 4.98 Å². The summed E-state index contributed by atoms with van der Waals surface area (Å²) in [7, 11) is 0. The third kappa shape index (κ3) is 3.16. The second-order valence-corrected chi connectivity index (χ2v) is 8.16. The van der Waals surface area contributed by atoms with Crippen molar-refractivity contribution in [1.29, 1.82) is 0 Å². The lowest BCUT2D eigenvalue weighted by Crippen LogP contribution is -2.49. The Morgan fingerprint density at radius 2 is 2.27 bits per heavy atom. The van der Waals surface area contributed by atoms with Gasteiger partial charge in [-0.1, -0.05) is 13.0 Å². The maximum Gasteiger partial charge on any atom is 0.227 e. The quantitative estimate of drug-likeness (QED) is 0.814. The highest BCUT2D eigenvalue weighted by Gasteiger charge is 2.58. The Kier molecular flexibility index (Phi) is 5.05. The van der Waals surface area contributed by atoms with Gasteiger partial charge in [0.1, 0.15) is 0 Å². The Bertz CT molecular complexity index is 736. The van der Waals surface area contributed by atoms with Gasteiger partial charge < -0.3 is 5.32 Å². The van der Waals surface area contributed by atoms with Crippen molar-refractivity contribution in [3.05, 3.63) is 46.7 Å². The zero-order valence-corrected chi connectivity index (χ0v) is 16.0. The Hall–Kier alpha value is -1.79. The number of hydrogen-bond donors (Lipinski definition) is 1. The normalized spacial score (nSPS) is 27.7. The zero-order chi connectivity index (χ0) is 18.0. The van der Waals surface area contributed by atoms with Gasteiger partial charge in [0.2, 0.25) is 5.91 Å². The van der Waals surface area contributed by atoms with E-state index in [1.165, 1.54) is 6.42 Å². The third-order valence-electron chi connectivity index (χ3n) is 6.18. The minimum absolute atomic E-state index is 0.230. The molecule has 3 atom stereocenters. The van der Waals surface area contributed by atoms with Crippen molar-refractivity contribution >= 4 is 17.2 Å². The number of rotatable bonds is 7. The first-order chi connectivity index (χ1) is 12.7. The molecule has 138 valence electrons. The number of hydrogen-bond acceptors (Lipinski definition) is 5. The van der Waals surface area contributed by atoms with Gasteiger partial charge >= 0.3 is 0 Å². The van der Waals surface area contributed by atoms with Gasteiger partial charge in [0.25, 0.3) is 0 Å². The van der Waals surface area contributed by atoms with Crippen LogP contribution >= 0.6 is 11.3 Å². The average molecular weight is 371 g/mol. The molecule has 1 N–H and O–H groups in total. The van der Waals surface area contributed by atoms with Crippen molar-refractivity contribution in [1.82, 2.24) is 20.2 Å². The van der Waals surface area contributed by atoms with Crippen LogP contribution in [0.25, 0.3) is 0 Å². The van der Waals surface area contributed by atoms with Crippen LogP contribution in [0, 0.1) is 5.41 Å². The molecule has 0 radical (unpaired) electrons. The fraction of sp³-hybridized carbons (Fsp3) is 0.550. The number of carbonyl (C=O) groups is 1. The van der Waals surface area contributed by atoms with Gasteiger partial charge in [0, 0.05) is 43.2 Å². The van der Waals surface area contributed by atoms with E-state index in [1.54, 1.807) is 11.3 Å². The van der Waals surface area contributed by atoms with Gasteiger partial charge in [-0.2, -0.15) is 0 Å². The summed E-state index contributed by atoms with van der Waals surface area (Å²) in [5.74, 6) is 0.230. The molecule has 2 fully saturated rings. The monoisotopic (exact) mass is 370 g/mol. The van der Waals surface area contributed by atoms with Crippen molar-refractivity contribution in [3.8, 4) is 0 Å². The Morgan fingerprint density at radius 3 is 3.00 bits per heavy atom. The first kappa shape index (κ1) is 17.6. The van der Waals surface area contributed by atoms with Crippen LogP contribution in [0.1, 0.15) is 44.0 Å². The van der Waals surface area contributed by atoms with E-state index in [4.69, 9.17) is 0 Å². The fourth-order valence-corrected chi connectivity index (χ4v) is 5.44. The number of pyridine rings is 1. The number of fused-ring (bicyclic) bond motifs is 2. The number of thiazole rings is 1. The molecule has 0 aromatic carbocycles. The van der Waals surface area contributed by atoms with Crippen LogP contribution in [0.2, 0.25) is 0 Å². The van der Waals surface area contributed by atoms with Crippen molar-refractivity contribution in [2.45, 2.75) is 57.7 Å². The summed E-state index contributed by atoms with van der Waals surface area (Å²) in [5, 5.41) is 5.26. The predicted molar refractivity (Wildman–Crippen MR) is 103 cm³/mol. The van der Waals surface area contributed by atoms with Gasteiger partial charge in [0.05, 0.1) is 22.3 Å². The van der Waals surface area contributed by atoms with Crippen LogP contribution in [-0.4, -0.2) is 39.4 Å². The van der Waals surface area contributed by atoms with Gasteiger partial charge in [-0.05, 0) is 37.8 Å². The standard InChI is InChI=1S/C20H26N4OS/c1-2-20(19(25)22-10-8-16-13-26-14-23-16)11-17-6-7-18(20)24(17)12-15-5-3-4-9-21-15/h3-5,9,13-14,17-18H,2,6-8,10-12H2,1H3,(H,22,25)/t17-,18+,20+/m0/s1. The predicted octanol–water partition coefficient (Wildman–Crippen LogP) is 3.03. The van der Waals surface area contributed by atoms with Crippen LogP contribution in [0.3, 0.4) is 0 Å². The smallest absolute Gasteiger partial charge is 0.227 e. The summed E-state index contributed by atoms with van der Waals surface area (Å²) in [6, 6.07) is 6.91. The van der Waals surface area contributed by atoms with E-state index < -0.39 is 0 Å². The van der Waals surface area contributed by atoms with E-state index in [9.17, 15) is 4.79 Å². The summed E-state index contributed by atoms with van der Waals surface area (Å²) >= 11 is 1.60. The van der Waals surface area contributed by atoms with Crippen LogP contribution in [0.15, 0.2) is 35.3 Å². The number of amides is 1. The lowest BCUT2D eigenvalue weighted by atomic mass is 9.71. The third-order valence-corrected chi connectivity index (χ3v) is 6.82. The minimum atomic E-state index is -0.250. The summed E-state index contributed by atoms with van der Waals surface area (Å²) in [6.45, 7) is 3.69. The SMILES string of the molecule is CC[C@@]1(C(=O)NCCc2cscn2)C[C@@H]2CC[C@H]1N2Cc1ccccn1. The minimum Gasteiger partial charge on any atom is -0.355 e. The molecule has 2 aliphatic rings. The molecule has 0 saturated carbocycles. The molecular formula is C20H26N4OS. The second-order valence-electron chi connectivity index (χ2n) is 7.44. The summed E-state index contributed by atoms with van der Waals surface area (Å²) in [4.78, 5) is 24.5. The summed E-state index contributed by atoms with van der Waals surface area (Å²) in [5.41, 5.74) is 3.75. The van der Waals surface area contributed by atoms with Gasteiger partial charge in [-0.3, -0.25) is 14.7 Å². The van der Waals surface area contributed by atoms with E-state index >= 15 is 0 Å². The lowest BCUT2D eigenvalue weighted by molar-refractivity contribution is -0.133. The van der Waals surface area contributed by atoms with E-state index in [2.05, 4.69) is 33.2 Å². The van der Waals surface area contributed by atoms with Crippen molar-refractivity contribution in [2.24, 2.45) is 5.41 Å². The van der Waals surface area contributed by atoms with Crippen LogP contribution in [0.5, 0.6) is 0 Å². The molecule has 1 amide bonds. The van der Waals surface area contributed by atoms with E-state index in [0.717, 1.165) is 43.6 Å². The highest BCUT2D eigenvalue weighted by atomic mass is 32.1. The maximum atomic E-state index is 13.1. The molecule has 4 rings (SSSR count). The van der Waals surface area contributed by atoms with Crippen LogP contribution in [0.4, 0.5) is 0 Å². The fourth-order valence-electron chi connectivity index (χ4n) is 4.85. The maximum absolute atomic E-state index is 13.1. The molecule has 2 bridgehead atoms. The van der Waals surface area contributed by atoms with E-state index in [1.807, 2.05) is 29.2 Å². The first-order valence-electron chi connectivity index (χ1n) is 9.54. The largest absolute Gasteiger partial charge is 0.355 e. The molecule has 2 aliphatic heterocycles. The molecule has 0 aliphatic carbocycles. The van der Waals surface area contributed by atoms with Crippen molar-refractivity contribution in [2.75, 3.05) is 6.54 Å². The van der Waals surface area contributed by atoms with Gasteiger partial charge in [-0.15, -0.1) is 11.3 Å². The number of aromatic nitrogens is 2. The van der Waals surface area contributed by atoms with Crippen molar-refractivity contribution < 1.29 is 4.79 Å². The highest BCUT2D eigenvalue weighted by molar-refractivity contribution is 7.07. The Morgan fingerprint density at radius 1 is 1.35 bits per heavy atom. The molecule has 2 saturated heterocycles. The first-order valence-corrected chi connectivity index (χ1v) is 10.5. The zero-order valence-electron chi connectivity index (χ0n) is 15.2. The van der Waals surface area contributed by atoms with Crippen LogP contribution in [-0.2, 0) is 17.8 Å². The topological polar surface area (TPSA) is 58.1 Å². The number of nitrogens with one attached hydrogen (secondary N) is 1. The molecule has 0 spiro atoms. The molecule has 26 heavy (non-hydrogen) atoms. The molecule has 2 aromatic heterocycles. The summed E-state index contributed by atoms with van der Waals surface area (Å²) < 4.78 is 0. The average Bonchev–Trinajstić information content (AvgIpc) is 3.39. The lowest BCUT2D eigenvalue weighted by Gasteiger charge is -2.35. The van der Waals surface area contributed by atoms with Gasteiger partial charge in [0.15, 0.2) is 0 Å². The molecule has 2 aromatic rings. The number of nitrogens with zero attached hydrogens (tertiary/aromatic N) is 3. The molecule has 6 heteroatoms. The molecular weight excluding hydrogens is 344 g/mol. The van der Waals surface area contributed by atoms with E-state index in [-0.39, 0.29) is 11.3 Å². The van der Waals surface area contributed by atoms with E-state index in [0.29, 0.717) is 18.6 Å². The number of carbonyl (C=O) groups excluding carboxylic acids is 1. The molecule has 5 nitrogen and oxygen atoms in total.